The molecule has 4 saturated heterocycles. The van der Waals surface area contributed by atoms with Gasteiger partial charge in [-0.05, 0) is 88.5 Å². The summed E-state index contributed by atoms with van der Waals surface area (Å²) >= 11 is 0. The highest BCUT2D eigenvalue weighted by Gasteiger charge is 2.90. The first-order chi connectivity index (χ1) is 22.9. The Morgan fingerprint density at radius 3 is 2.52 bits per heavy atom. The maximum absolute atomic E-state index is 14.5. The minimum Gasteiger partial charge on any atom is -0.465 e. The van der Waals surface area contributed by atoms with Gasteiger partial charge in [-0.1, -0.05) is 19.9 Å². The van der Waals surface area contributed by atoms with Crippen molar-refractivity contribution in [1.29, 1.82) is 0 Å². The number of rotatable bonds is 5. The molecular weight excluding hydrogens is 616 g/mol. The second-order valence-corrected chi connectivity index (χ2v) is 17.2. The Labute approximate surface area is 281 Å². The number of esters is 2. The normalized spacial score (nSPS) is 51.4. The van der Waals surface area contributed by atoms with Crippen molar-refractivity contribution in [3.8, 4) is 0 Å². The van der Waals surface area contributed by atoms with Crippen LogP contribution in [-0.4, -0.2) is 96.4 Å². The molecule has 2 spiro atoms. The van der Waals surface area contributed by atoms with Gasteiger partial charge in [0.05, 0.1) is 43.3 Å². The standard InChI is InChI=1S/C37H48N2O9/c1-33(2)28-27(41)29(42)35(4)24(36(28)17-45-26(40)15-25(36)47-33)11-13-34(3)30(46-32(43)31-37(34,35)48-31)21-12-14-44-23(21)10-7-19-5-8-20(9-6-19)22-16-38-18-39-22/h12,18-20,23-25,28-31,42H,5-11,13-17H2,1-4H3. The number of aliphatic hydroxyl groups is 1. The maximum Gasteiger partial charge on any atom is 0.339 e. The van der Waals surface area contributed by atoms with Crippen LogP contribution in [-0.2, 0) is 38.1 Å². The Hall–Kier alpha value is -2.47. The monoisotopic (exact) mass is 664 g/mol. The Morgan fingerprint density at radius 1 is 0.979 bits per heavy atom. The highest BCUT2D eigenvalue weighted by molar-refractivity contribution is 5.97. The maximum atomic E-state index is 14.5. The van der Waals surface area contributed by atoms with E-state index in [1.165, 1.54) is 5.71 Å². The number of ketones is 1. The summed E-state index contributed by atoms with van der Waals surface area (Å²) in [5.74, 6) is -0.880. The zero-order chi connectivity index (χ0) is 33.4. The van der Waals surface area contributed by atoms with Crippen molar-refractivity contribution >= 4 is 29.8 Å². The van der Waals surface area contributed by atoms with Crippen molar-refractivity contribution in [1.82, 2.24) is 0 Å². The van der Waals surface area contributed by atoms with Crippen LogP contribution in [0.2, 0.25) is 0 Å². The first-order valence-electron chi connectivity index (χ1n) is 18.2. The number of fused-ring (bicyclic) bond motifs is 1. The van der Waals surface area contributed by atoms with Gasteiger partial charge in [0.1, 0.15) is 30.8 Å². The number of epoxide rings is 1. The van der Waals surface area contributed by atoms with Crippen molar-refractivity contribution < 1.29 is 43.2 Å². The van der Waals surface area contributed by atoms with Crippen LogP contribution in [0.25, 0.3) is 0 Å². The van der Waals surface area contributed by atoms with Gasteiger partial charge in [-0.25, -0.2) is 9.79 Å². The van der Waals surface area contributed by atoms with Crippen LogP contribution in [0.3, 0.4) is 0 Å². The number of hydrogen-bond donors (Lipinski definition) is 1. The summed E-state index contributed by atoms with van der Waals surface area (Å²) in [6.07, 6.45) is 8.07. The van der Waals surface area contributed by atoms with E-state index in [0.717, 1.165) is 50.6 Å². The molecule has 260 valence electrons. The number of cyclic esters (lactones) is 2. The van der Waals surface area contributed by atoms with E-state index in [1.807, 2.05) is 20.8 Å². The van der Waals surface area contributed by atoms with Crippen molar-refractivity contribution in [2.45, 2.75) is 127 Å². The Balaban J connectivity index is 1.00. The first kappa shape index (κ1) is 31.5. The van der Waals surface area contributed by atoms with Crippen LogP contribution in [0.1, 0.15) is 85.5 Å². The number of ether oxygens (including phenoxy) is 5. The van der Waals surface area contributed by atoms with E-state index in [2.05, 4.69) is 23.0 Å². The molecule has 1 N–H and O–H groups in total. The third-order valence-corrected chi connectivity index (χ3v) is 14.9. The summed E-state index contributed by atoms with van der Waals surface area (Å²) < 4.78 is 31.5. The van der Waals surface area contributed by atoms with Crippen molar-refractivity contribution in [2.75, 3.05) is 19.8 Å². The molecule has 11 unspecified atom stereocenters. The average molecular weight is 665 g/mol. The smallest absolute Gasteiger partial charge is 0.339 e. The number of Topliss-reactive ketones (excluding diaryl/α,β-unsaturated/α-hetero) is 1. The molecule has 0 amide bonds. The van der Waals surface area contributed by atoms with Gasteiger partial charge in [-0.3, -0.25) is 14.6 Å². The van der Waals surface area contributed by atoms with Crippen LogP contribution in [0.15, 0.2) is 21.6 Å². The molecule has 7 fully saturated rings. The highest BCUT2D eigenvalue weighted by atomic mass is 16.7. The lowest BCUT2D eigenvalue weighted by Crippen LogP contribution is -2.77. The van der Waals surface area contributed by atoms with E-state index in [1.54, 1.807) is 6.34 Å². The predicted molar refractivity (Wildman–Crippen MR) is 171 cm³/mol. The molecule has 3 saturated carbocycles. The van der Waals surface area contributed by atoms with E-state index < -0.39 is 63.8 Å². The minimum absolute atomic E-state index is 0.0551. The summed E-state index contributed by atoms with van der Waals surface area (Å²) in [5, 5.41) is 12.2. The third kappa shape index (κ3) is 3.82. The van der Waals surface area contributed by atoms with Crippen LogP contribution >= 0.6 is 0 Å². The van der Waals surface area contributed by atoms with Gasteiger partial charge in [0.2, 0.25) is 0 Å². The second-order valence-electron chi connectivity index (χ2n) is 17.2. The van der Waals surface area contributed by atoms with Gasteiger partial charge in [0, 0.05) is 22.0 Å². The van der Waals surface area contributed by atoms with Crippen LogP contribution in [0, 0.1) is 39.9 Å². The SMILES string of the molecule is CC1(C)OC2CC(=O)OCC23C1C(=O)C(O)C1(C)C3CCC2(C)C(C3=CCOC3CCC3CCC(C4=NC=NC4)CC3)OC(=O)C3OC321. The quantitative estimate of drug-likeness (QED) is 0.265. The molecule has 48 heavy (non-hydrogen) atoms. The van der Waals surface area contributed by atoms with E-state index in [4.69, 9.17) is 23.7 Å². The molecule has 11 atom stereocenters. The fourth-order valence-electron chi connectivity index (χ4n) is 12.8. The molecule has 9 aliphatic rings. The number of carbonyl (C=O) groups is 3. The molecule has 9 rings (SSSR count). The third-order valence-electron chi connectivity index (χ3n) is 14.9. The van der Waals surface area contributed by atoms with E-state index in [0.29, 0.717) is 31.3 Å². The summed E-state index contributed by atoms with van der Waals surface area (Å²) in [5.41, 5.74) is -2.47. The van der Waals surface area contributed by atoms with E-state index >= 15 is 0 Å². The lowest BCUT2D eigenvalue weighted by Gasteiger charge is -2.66. The fourth-order valence-corrected chi connectivity index (χ4v) is 12.8. The second kappa shape index (κ2) is 10.3. The topological polar surface area (TPSA) is 146 Å². The number of aliphatic imine (C=N–C) groups is 2. The minimum atomic E-state index is -1.38. The van der Waals surface area contributed by atoms with Crippen LogP contribution in [0.5, 0.6) is 0 Å². The zero-order valence-corrected chi connectivity index (χ0v) is 28.4. The van der Waals surface area contributed by atoms with Gasteiger partial charge in [0.15, 0.2) is 11.9 Å². The zero-order valence-electron chi connectivity index (χ0n) is 28.4. The first-order valence-corrected chi connectivity index (χ1v) is 18.2. The molecule has 6 aliphatic heterocycles. The highest BCUT2D eigenvalue weighted by Crippen LogP contribution is 2.79. The summed E-state index contributed by atoms with van der Waals surface area (Å²) in [7, 11) is 0. The lowest BCUT2D eigenvalue weighted by molar-refractivity contribution is -0.248. The predicted octanol–water partition coefficient (Wildman–Crippen LogP) is 3.54. The Bertz CT molecular complexity index is 1550. The fraction of sp³-hybridized carbons (Fsp3) is 0.811. The van der Waals surface area contributed by atoms with Crippen LogP contribution < -0.4 is 0 Å². The molecule has 11 heteroatoms. The van der Waals surface area contributed by atoms with Crippen molar-refractivity contribution in [3.05, 3.63) is 11.6 Å². The molecule has 0 radical (unpaired) electrons. The number of carbonyl (C=O) groups excluding carboxylic acids is 3. The molecule has 0 bridgehead atoms. The summed E-state index contributed by atoms with van der Waals surface area (Å²) in [6.45, 7) is 9.07. The molecule has 0 aromatic carbocycles. The molecule has 11 nitrogen and oxygen atoms in total. The molecule has 6 heterocycles. The molecular formula is C37H48N2O9. The number of aliphatic hydroxyl groups excluding tert-OH is 1. The van der Waals surface area contributed by atoms with E-state index in [-0.39, 0.29) is 36.8 Å². The lowest BCUT2D eigenvalue weighted by atomic mass is 9.36. The van der Waals surface area contributed by atoms with Gasteiger partial charge in [-0.2, -0.15) is 0 Å². The van der Waals surface area contributed by atoms with Crippen molar-refractivity contribution in [2.24, 2.45) is 49.9 Å². The molecule has 3 aliphatic carbocycles. The van der Waals surface area contributed by atoms with Gasteiger partial charge >= 0.3 is 11.9 Å². The van der Waals surface area contributed by atoms with Gasteiger partial charge in [0.25, 0.3) is 0 Å². The van der Waals surface area contributed by atoms with Crippen LogP contribution in [0.4, 0.5) is 0 Å². The summed E-state index contributed by atoms with van der Waals surface area (Å²) in [4.78, 5) is 49.6. The summed E-state index contributed by atoms with van der Waals surface area (Å²) in [6, 6.07) is 0. The van der Waals surface area contributed by atoms with E-state index in [9.17, 15) is 19.5 Å². The molecule has 0 aromatic heterocycles. The average Bonchev–Trinajstić information content (AvgIpc) is 3.32. The Kier molecular flexibility index (Phi) is 6.76. The largest absolute Gasteiger partial charge is 0.465 e. The number of nitrogens with zero attached hydrogens (tertiary/aromatic N) is 2. The van der Waals surface area contributed by atoms with Gasteiger partial charge in [-0.15, -0.1) is 0 Å². The number of hydrogen-bond acceptors (Lipinski definition) is 11. The van der Waals surface area contributed by atoms with Crippen molar-refractivity contribution in [3.63, 3.8) is 0 Å². The van der Waals surface area contributed by atoms with Gasteiger partial charge < -0.3 is 28.8 Å². The Morgan fingerprint density at radius 2 is 1.77 bits per heavy atom. The molecule has 0 aromatic rings.